The van der Waals surface area contributed by atoms with Gasteiger partial charge in [0, 0.05) is 13.5 Å². The summed E-state index contributed by atoms with van der Waals surface area (Å²) in [6.07, 6.45) is 0.276. The van der Waals surface area contributed by atoms with E-state index in [0.29, 0.717) is 16.7 Å². The van der Waals surface area contributed by atoms with E-state index in [9.17, 15) is 19.2 Å². The zero-order valence-corrected chi connectivity index (χ0v) is 13.6. The maximum atomic E-state index is 12.7. The summed E-state index contributed by atoms with van der Waals surface area (Å²) in [5, 5.41) is 0. The number of nitrogens with zero attached hydrogens (tertiary/aromatic N) is 2. The van der Waals surface area contributed by atoms with Gasteiger partial charge in [0.15, 0.2) is 0 Å². The summed E-state index contributed by atoms with van der Waals surface area (Å²) in [5.41, 5.74) is 1.35. The molecular formula is C17H18N2O5. The highest BCUT2D eigenvalue weighted by Crippen LogP contribution is 2.30. The molecule has 4 amide bonds. The topological polar surface area (TPSA) is 84.0 Å². The Kier molecular flexibility index (Phi) is 4.19. The summed E-state index contributed by atoms with van der Waals surface area (Å²) in [6.45, 7) is 2.09. The highest BCUT2D eigenvalue weighted by Gasteiger charge is 2.47. The van der Waals surface area contributed by atoms with Crippen molar-refractivity contribution in [1.29, 1.82) is 0 Å². The van der Waals surface area contributed by atoms with Crippen molar-refractivity contribution in [3.05, 3.63) is 34.9 Å². The fraction of sp³-hybridized carbons (Fsp3) is 0.412. The van der Waals surface area contributed by atoms with Gasteiger partial charge in [-0.1, -0.05) is 12.1 Å². The number of methoxy groups -OCH3 is 1. The van der Waals surface area contributed by atoms with Crippen LogP contribution in [0.4, 0.5) is 0 Å². The van der Waals surface area contributed by atoms with Gasteiger partial charge in [-0.3, -0.25) is 29.0 Å². The van der Waals surface area contributed by atoms with Crippen LogP contribution in [-0.4, -0.2) is 59.7 Å². The number of piperidine rings is 1. The predicted molar refractivity (Wildman–Crippen MR) is 83.3 cm³/mol. The van der Waals surface area contributed by atoms with Gasteiger partial charge in [-0.2, -0.15) is 0 Å². The number of aryl methyl sites for hydroxylation is 1. The average Bonchev–Trinajstić information content (AvgIpc) is 2.81. The molecule has 7 nitrogen and oxygen atoms in total. The quantitative estimate of drug-likeness (QED) is 0.761. The number of likely N-dealkylation sites (tertiary alicyclic amines) is 1. The minimum atomic E-state index is -0.939. The van der Waals surface area contributed by atoms with Gasteiger partial charge in [-0.05, 0) is 25.0 Å². The number of fused-ring (bicyclic) bond motifs is 1. The number of amides is 4. The van der Waals surface area contributed by atoms with Crippen molar-refractivity contribution in [2.45, 2.75) is 25.8 Å². The summed E-state index contributed by atoms with van der Waals surface area (Å²) >= 11 is 0. The van der Waals surface area contributed by atoms with E-state index >= 15 is 0 Å². The molecule has 1 aromatic rings. The van der Waals surface area contributed by atoms with Gasteiger partial charge in [0.2, 0.25) is 5.91 Å². The lowest BCUT2D eigenvalue weighted by molar-refractivity contribution is -0.152. The molecular weight excluding hydrogens is 312 g/mol. The zero-order chi connectivity index (χ0) is 17.4. The lowest BCUT2D eigenvalue weighted by Crippen LogP contribution is -2.56. The second-order valence-corrected chi connectivity index (χ2v) is 5.91. The van der Waals surface area contributed by atoms with Crippen molar-refractivity contribution < 1.29 is 23.9 Å². The Bertz CT molecular complexity index is 742. The highest BCUT2D eigenvalue weighted by atomic mass is 16.5. The smallest absolute Gasteiger partial charge is 0.262 e. The van der Waals surface area contributed by atoms with Crippen LogP contribution in [0.1, 0.15) is 39.1 Å². The van der Waals surface area contributed by atoms with Crippen molar-refractivity contribution in [3.8, 4) is 0 Å². The van der Waals surface area contributed by atoms with Crippen molar-refractivity contribution in [3.63, 3.8) is 0 Å². The molecule has 126 valence electrons. The number of hydrogen-bond acceptors (Lipinski definition) is 5. The molecule has 2 aliphatic rings. The van der Waals surface area contributed by atoms with Crippen molar-refractivity contribution >= 4 is 23.6 Å². The minimum absolute atomic E-state index is 0.118. The maximum absolute atomic E-state index is 12.7. The third-order valence-electron chi connectivity index (χ3n) is 4.47. The van der Waals surface area contributed by atoms with E-state index in [1.807, 2.05) is 0 Å². The standard InChI is InChI=1S/C17H18N2O5/c1-10-4-3-5-11-14(10)17(23)19(15(11)21)12-6-7-13(20)18(16(12)22)8-9-24-2/h3-5,12H,6-9H2,1-2H3. The summed E-state index contributed by atoms with van der Waals surface area (Å²) in [7, 11) is 1.48. The van der Waals surface area contributed by atoms with E-state index < -0.39 is 23.8 Å². The van der Waals surface area contributed by atoms with Crippen molar-refractivity contribution in [2.75, 3.05) is 20.3 Å². The highest BCUT2D eigenvalue weighted by molar-refractivity contribution is 6.24. The van der Waals surface area contributed by atoms with Crippen LogP contribution in [0, 0.1) is 6.92 Å². The zero-order valence-electron chi connectivity index (χ0n) is 13.6. The third kappa shape index (κ3) is 2.41. The molecule has 0 aromatic heterocycles. The number of carbonyl (C=O) groups excluding carboxylic acids is 4. The molecule has 0 aliphatic carbocycles. The van der Waals surface area contributed by atoms with Gasteiger partial charge in [-0.15, -0.1) is 0 Å². The van der Waals surface area contributed by atoms with Crippen LogP contribution in [0.2, 0.25) is 0 Å². The Labute approximate surface area is 139 Å². The number of hydrogen-bond donors (Lipinski definition) is 0. The summed E-state index contributed by atoms with van der Waals surface area (Å²) in [6, 6.07) is 4.11. The van der Waals surface area contributed by atoms with Crippen LogP contribution in [0.15, 0.2) is 18.2 Å². The Morgan fingerprint density at radius 1 is 1.17 bits per heavy atom. The molecule has 0 spiro atoms. The molecule has 2 heterocycles. The van der Waals surface area contributed by atoms with E-state index in [1.165, 1.54) is 7.11 Å². The van der Waals surface area contributed by atoms with E-state index in [1.54, 1.807) is 25.1 Å². The number of imide groups is 2. The van der Waals surface area contributed by atoms with Crippen LogP contribution < -0.4 is 0 Å². The van der Waals surface area contributed by atoms with E-state index in [2.05, 4.69) is 0 Å². The normalized spacial score (nSPS) is 20.8. The molecule has 1 aromatic carbocycles. The number of ether oxygens (including phenoxy) is 1. The molecule has 3 rings (SSSR count). The first-order valence-electron chi connectivity index (χ1n) is 7.78. The van der Waals surface area contributed by atoms with Crippen LogP contribution in [0.25, 0.3) is 0 Å². The van der Waals surface area contributed by atoms with Gasteiger partial charge < -0.3 is 4.74 Å². The SMILES string of the molecule is COCCN1C(=O)CCC(N2C(=O)c3cccc(C)c3C2=O)C1=O. The number of carbonyl (C=O) groups is 4. The number of rotatable bonds is 4. The van der Waals surface area contributed by atoms with E-state index in [4.69, 9.17) is 4.74 Å². The van der Waals surface area contributed by atoms with Crippen LogP contribution in [0.3, 0.4) is 0 Å². The largest absolute Gasteiger partial charge is 0.383 e. The van der Waals surface area contributed by atoms with Gasteiger partial charge in [0.05, 0.1) is 24.3 Å². The van der Waals surface area contributed by atoms with Gasteiger partial charge >= 0.3 is 0 Å². The molecule has 24 heavy (non-hydrogen) atoms. The summed E-state index contributed by atoms with van der Waals surface area (Å²) in [5.74, 6) is -1.76. The van der Waals surface area contributed by atoms with E-state index in [0.717, 1.165) is 9.80 Å². The van der Waals surface area contributed by atoms with Gasteiger partial charge in [0.1, 0.15) is 6.04 Å². The van der Waals surface area contributed by atoms with Crippen molar-refractivity contribution in [2.24, 2.45) is 0 Å². The predicted octanol–water partition coefficient (Wildman–Crippen LogP) is 0.755. The molecule has 0 N–H and O–H groups in total. The maximum Gasteiger partial charge on any atom is 0.262 e. The molecule has 1 saturated heterocycles. The Morgan fingerprint density at radius 3 is 2.58 bits per heavy atom. The van der Waals surface area contributed by atoms with Crippen LogP contribution in [-0.2, 0) is 14.3 Å². The molecule has 7 heteroatoms. The Balaban J connectivity index is 1.91. The van der Waals surface area contributed by atoms with E-state index in [-0.39, 0.29) is 31.9 Å². The molecule has 0 radical (unpaired) electrons. The molecule has 0 bridgehead atoms. The lowest BCUT2D eigenvalue weighted by Gasteiger charge is -2.34. The van der Waals surface area contributed by atoms with Crippen LogP contribution >= 0.6 is 0 Å². The summed E-state index contributed by atoms with van der Waals surface area (Å²) in [4.78, 5) is 52.0. The third-order valence-corrected chi connectivity index (χ3v) is 4.47. The first-order valence-corrected chi connectivity index (χ1v) is 7.78. The number of benzene rings is 1. The lowest BCUT2D eigenvalue weighted by atomic mass is 10.0. The second-order valence-electron chi connectivity index (χ2n) is 5.91. The van der Waals surface area contributed by atoms with Crippen molar-refractivity contribution in [1.82, 2.24) is 9.80 Å². The van der Waals surface area contributed by atoms with Gasteiger partial charge in [0.25, 0.3) is 17.7 Å². The molecule has 1 atom stereocenters. The Hall–Kier alpha value is -2.54. The molecule has 1 unspecified atom stereocenters. The monoisotopic (exact) mass is 330 g/mol. The van der Waals surface area contributed by atoms with Gasteiger partial charge in [-0.25, -0.2) is 0 Å². The first kappa shape index (κ1) is 16.3. The molecule has 1 fully saturated rings. The average molecular weight is 330 g/mol. The second kappa shape index (κ2) is 6.16. The first-order chi connectivity index (χ1) is 11.5. The minimum Gasteiger partial charge on any atom is -0.383 e. The molecule has 0 saturated carbocycles. The fourth-order valence-electron chi connectivity index (χ4n) is 3.23. The fourth-order valence-corrected chi connectivity index (χ4v) is 3.23. The van der Waals surface area contributed by atoms with Crippen LogP contribution in [0.5, 0.6) is 0 Å². The molecule has 2 aliphatic heterocycles. The summed E-state index contributed by atoms with van der Waals surface area (Å²) < 4.78 is 4.92. The Morgan fingerprint density at radius 2 is 1.92 bits per heavy atom.